The van der Waals surface area contributed by atoms with Gasteiger partial charge in [0, 0.05) is 5.56 Å². The van der Waals surface area contributed by atoms with Crippen LogP contribution >= 0.6 is 0 Å². The zero-order valence-electron chi connectivity index (χ0n) is 13.5. The average molecular weight is 312 g/mol. The number of phenolic OH excluding ortho intramolecular Hbond substituents is 1. The van der Waals surface area contributed by atoms with Crippen molar-refractivity contribution in [3.8, 4) is 5.75 Å². The highest BCUT2D eigenvalue weighted by Crippen LogP contribution is 2.22. The number of carbonyl (C=O) groups excluding carboxylic acids is 2. The Labute approximate surface area is 135 Å². The van der Waals surface area contributed by atoms with Crippen molar-refractivity contribution in [3.05, 3.63) is 65.2 Å². The van der Waals surface area contributed by atoms with Gasteiger partial charge in [-0.1, -0.05) is 45.0 Å². The lowest BCUT2D eigenvalue weighted by Gasteiger charge is -2.18. The van der Waals surface area contributed by atoms with Gasteiger partial charge in [0.05, 0.1) is 5.56 Å². The SMILES string of the molecule is CC(C)(C)c1ccc(C(=O)COC(=O)c2ccc(O)cc2)cc1. The average Bonchev–Trinajstić information content (AvgIpc) is 2.52. The molecule has 4 nitrogen and oxygen atoms in total. The summed E-state index contributed by atoms with van der Waals surface area (Å²) in [6.07, 6.45) is 0. The second kappa shape index (κ2) is 6.65. The number of aromatic hydroxyl groups is 1. The Hall–Kier alpha value is -2.62. The van der Waals surface area contributed by atoms with Gasteiger partial charge in [-0.05, 0) is 35.2 Å². The highest BCUT2D eigenvalue weighted by Gasteiger charge is 2.15. The summed E-state index contributed by atoms with van der Waals surface area (Å²) < 4.78 is 5.01. The molecule has 2 rings (SSSR count). The largest absolute Gasteiger partial charge is 0.508 e. The molecule has 0 aromatic heterocycles. The molecule has 0 bridgehead atoms. The summed E-state index contributed by atoms with van der Waals surface area (Å²) in [4.78, 5) is 23.9. The minimum atomic E-state index is -0.593. The van der Waals surface area contributed by atoms with Crippen LogP contribution in [0.5, 0.6) is 5.75 Å². The summed E-state index contributed by atoms with van der Waals surface area (Å²) >= 11 is 0. The maximum Gasteiger partial charge on any atom is 0.338 e. The van der Waals surface area contributed by atoms with Gasteiger partial charge in [0.1, 0.15) is 5.75 Å². The quantitative estimate of drug-likeness (QED) is 0.690. The number of esters is 1. The smallest absolute Gasteiger partial charge is 0.338 e. The number of rotatable bonds is 4. The molecule has 1 N–H and O–H groups in total. The second-order valence-electron chi connectivity index (χ2n) is 6.37. The molecule has 0 radical (unpaired) electrons. The molecule has 0 spiro atoms. The van der Waals surface area contributed by atoms with Crippen LogP contribution in [0.4, 0.5) is 0 Å². The van der Waals surface area contributed by atoms with Crippen molar-refractivity contribution in [3.63, 3.8) is 0 Å². The molecular formula is C19H20O4. The molecular weight excluding hydrogens is 292 g/mol. The van der Waals surface area contributed by atoms with E-state index in [0.717, 1.165) is 5.56 Å². The lowest BCUT2D eigenvalue weighted by atomic mass is 9.86. The van der Waals surface area contributed by atoms with Gasteiger partial charge in [-0.15, -0.1) is 0 Å². The molecule has 0 unspecified atom stereocenters. The number of hydrogen-bond acceptors (Lipinski definition) is 4. The normalized spacial score (nSPS) is 11.1. The van der Waals surface area contributed by atoms with Crippen molar-refractivity contribution in [2.75, 3.05) is 6.61 Å². The van der Waals surface area contributed by atoms with Gasteiger partial charge in [0.2, 0.25) is 0 Å². The summed E-state index contributed by atoms with van der Waals surface area (Å²) in [5, 5.41) is 9.18. The van der Waals surface area contributed by atoms with Crippen LogP contribution in [0.15, 0.2) is 48.5 Å². The molecule has 2 aromatic rings. The lowest BCUT2D eigenvalue weighted by molar-refractivity contribution is 0.0474. The lowest BCUT2D eigenvalue weighted by Crippen LogP contribution is -2.15. The molecule has 4 heteroatoms. The van der Waals surface area contributed by atoms with Crippen LogP contribution < -0.4 is 0 Å². The van der Waals surface area contributed by atoms with Gasteiger partial charge >= 0.3 is 5.97 Å². The monoisotopic (exact) mass is 312 g/mol. The fraction of sp³-hybridized carbons (Fsp3) is 0.263. The van der Waals surface area contributed by atoms with E-state index < -0.39 is 5.97 Å². The maximum atomic E-state index is 12.1. The number of hydrogen-bond donors (Lipinski definition) is 1. The van der Waals surface area contributed by atoms with Crippen LogP contribution in [0, 0.1) is 0 Å². The van der Waals surface area contributed by atoms with Crippen LogP contribution in [0.1, 0.15) is 47.1 Å². The third-order valence-corrected chi connectivity index (χ3v) is 3.51. The van der Waals surface area contributed by atoms with Crippen molar-refractivity contribution >= 4 is 11.8 Å². The summed E-state index contributed by atoms with van der Waals surface area (Å²) in [5.41, 5.74) is 1.96. The van der Waals surface area contributed by atoms with E-state index in [1.165, 1.54) is 24.3 Å². The van der Waals surface area contributed by atoms with Crippen molar-refractivity contribution in [1.82, 2.24) is 0 Å². The third kappa shape index (κ3) is 4.42. The minimum absolute atomic E-state index is 0.0207. The second-order valence-corrected chi connectivity index (χ2v) is 6.37. The number of carbonyl (C=O) groups is 2. The molecule has 0 aliphatic rings. The van der Waals surface area contributed by atoms with E-state index in [1.54, 1.807) is 12.1 Å². The van der Waals surface area contributed by atoms with E-state index in [9.17, 15) is 14.7 Å². The molecule has 0 saturated carbocycles. The first-order valence-electron chi connectivity index (χ1n) is 7.37. The topological polar surface area (TPSA) is 63.6 Å². The van der Waals surface area contributed by atoms with E-state index >= 15 is 0 Å². The molecule has 0 aliphatic carbocycles. The zero-order chi connectivity index (χ0) is 17.0. The summed E-state index contributed by atoms with van der Waals surface area (Å²) in [6, 6.07) is 13.0. The van der Waals surface area contributed by atoms with E-state index in [4.69, 9.17) is 4.74 Å². The van der Waals surface area contributed by atoms with Gasteiger partial charge in [-0.3, -0.25) is 4.79 Å². The highest BCUT2D eigenvalue weighted by atomic mass is 16.5. The van der Waals surface area contributed by atoms with Crippen molar-refractivity contribution in [1.29, 1.82) is 0 Å². The van der Waals surface area contributed by atoms with Gasteiger partial charge in [-0.25, -0.2) is 4.79 Å². The number of benzene rings is 2. The van der Waals surface area contributed by atoms with Gasteiger partial charge in [0.15, 0.2) is 12.4 Å². The molecule has 0 fully saturated rings. The predicted octanol–water partition coefficient (Wildman–Crippen LogP) is 3.73. The molecule has 120 valence electrons. The first-order chi connectivity index (χ1) is 10.8. The molecule has 23 heavy (non-hydrogen) atoms. The van der Waals surface area contributed by atoms with Crippen LogP contribution in [0.2, 0.25) is 0 Å². The van der Waals surface area contributed by atoms with Gasteiger partial charge < -0.3 is 9.84 Å². The predicted molar refractivity (Wildman–Crippen MR) is 87.9 cm³/mol. The minimum Gasteiger partial charge on any atom is -0.508 e. The highest BCUT2D eigenvalue weighted by molar-refractivity contribution is 5.99. The Morgan fingerprint density at radius 3 is 1.96 bits per heavy atom. The van der Waals surface area contributed by atoms with Crippen molar-refractivity contribution in [2.24, 2.45) is 0 Å². The van der Waals surface area contributed by atoms with E-state index in [0.29, 0.717) is 11.1 Å². The first-order valence-corrected chi connectivity index (χ1v) is 7.37. The maximum absolute atomic E-state index is 12.1. The van der Waals surface area contributed by atoms with Crippen LogP contribution in [-0.2, 0) is 10.2 Å². The molecule has 0 aliphatic heterocycles. The van der Waals surface area contributed by atoms with E-state index in [2.05, 4.69) is 20.8 Å². The molecule has 0 saturated heterocycles. The number of Topliss-reactive ketones (excluding diaryl/α,β-unsaturated/α-hetero) is 1. The standard InChI is InChI=1S/C19H20O4/c1-19(2,3)15-8-4-13(5-9-15)17(21)12-23-18(22)14-6-10-16(20)11-7-14/h4-11,20H,12H2,1-3H3. The molecule has 0 heterocycles. The molecule has 2 aromatic carbocycles. The summed E-state index contributed by atoms with van der Waals surface area (Å²) in [7, 11) is 0. The molecule has 0 amide bonds. The molecule has 0 atom stereocenters. The van der Waals surface area contributed by atoms with Crippen molar-refractivity contribution < 1.29 is 19.4 Å². The number of phenols is 1. The van der Waals surface area contributed by atoms with Gasteiger partial charge in [-0.2, -0.15) is 0 Å². The Morgan fingerprint density at radius 1 is 0.913 bits per heavy atom. The van der Waals surface area contributed by atoms with Crippen LogP contribution in [0.25, 0.3) is 0 Å². The van der Waals surface area contributed by atoms with Crippen molar-refractivity contribution in [2.45, 2.75) is 26.2 Å². The Bertz CT molecular complexity index is 692. The first kappa shape index (κ1) is 16.7. The Balaban J connectivity index is 1.97. The fourth-order valence-electron chi connectivity index (χ4n) is 2.05. The Morgan fingerprint density at radius 2 is 1.43 bits per heavy atom. The fourth-order valence-corrected chi connectivity index (χ4v) is 2.05. The van der Waals surface area contributed by atoms with Crippen LogP contribution in [-0.4, -0.2) is 23.5 Å². The zero-order valence-corrected chi connectivity index (χ0v) is 13.5. The van der Waals surface area contributed by atoms with Gasteiger partial charge in [0.25, 0.3) is 0 Å². The summed E-state index contributed by atoms with van der Waals surface area (Å²) in [5.74, 6) is -0.779. The van der Waals surface area contributed by atoms with E-state index in [-0.39, 0.29) is 23.6 Å². The summed E-state index contributed by atoms with van der Waals surface area (Å²) in [6.45, 7) is 5.99. The number of ketones is 1. The van der Waals surface area contributed by atoms with E-state index in [1.807, 2.05) is 12.1 Å². The Kier molecular flexibility index (Phi) is 4.84. The van der Waals surface area contributed by atoms with Crippen LogP contribution in [0.3, 0.4) is 0 Å². The third-order valence-electron chi connectivity index (χ3n) is 3.51. The number of ether oxygens (including phenoxy) is 1.